The predicted octanol–water partition coefficient (Wildman–Crippen LogP) is 3.99. The minimum absolute atomic E-state index is 0.0728. The molecular formula is C18H16N2O2S. The predicted molar refractivity (Wildman–Crippen MR) is 89.5 cm³/mol. The van der Waals surface area contributed by atoms with Crippen LogP contribution in [-0.4, -0.2) is 11.1 Å². The Morgan fingerprint density at radius 2 is 2.09 bits per heavy atom. The monoisotopic (exact) mass is 324 g/mol. The molecule has 5 heteroatoms. The van der Waals surface area contributed by atoms with Crippen LogP contribution in [0.1, 0.15) is 39.5 Å². The lowest BCUT2D eigenvalue weighted by atomic mass is 9.95. The van der Waals surface area contributed by atoms with Gasteiger partial charge in [0.05, 0.1) is 6.04 Å². The Morgan fingerprint density at radius 1 is 1.26 bits per heavy atom. The number of rotatable bonds is 3. The summed E-state index contributed by atoms with van der Waals surface area (Å²) in [5, 5.41) is 9.10. The van der Waals surface area contributed by atoms with Crippen LogP contribution in [0.4, 0.5) is 0 Å². The third kappa shape index (κ3) is 2.47. The van der Waals surface area contributed by atoms with Gasteiger partial charge >= 0.3 is 0 Å². The van der Waals surface area contributed by atoms with Crippen molar-refractivity contribution in [3.05, 3.63) is 63.5 Å². The third-order valence-electron chi connectivity index (χ3n) is 4.24. The number of fused-ring (bicyclic) bond motifs is 3. The second kappa shape index (κ2) is 5.66. The number of aryl methyl sites for hydroxylation is 1. The van der Waals surface area contributed by atoms with Crippen molar-refractivity contribution in [3.8, 4) is 11.3 Å². The molecule has 1 amide bonds. The Morgan fingerprint density at radius 3 is 2.91 bits per heavy atom. The molecule has 4 rings (SSSR count). The maximum Gasteiger partial charge on any atom is 0.274 e. The summed E-state index contributed by atoms with van der Waals surface area (Å²) in [5.74, 6) is 0.579. The van der Waals surface area contributed by atoms with Crippen LogP contribution in [0, 0.1) is 0 Å². The number of hydrogen-bond donors (Lipinski definition) is 1. The van der Waals surface area contributed by atoms with Crippen molar-refractivity contribution >= 4 is 17.2 Å². The largest absolute Gasteiger partial charge is 0.355 e. The number of nitrogens with one attached hydrogen (secondary N) is 1. The molecule has 1 aliphatic carbocycles. The molecule has 1 N–H and O–H groups in total. The van der Waals surface area contributed by atoms with E-state index < -0.39 is 0 Å². The van der Waals surface area contributed by atoms with E-state index in [0.717, 1.165) is 35.3 Å². The lowest BCUT2D eigenvalue weighted by Gasteiger charge is -2.14. The van der Waals surface area contributed by atoms with Crippen molar-refractivity contribution in [2.45, 2.75) is 25.8 Å². The van der Waals surface area contributed by atoms with Gasteiger partial charge in [0.2, 0.25) is 0 Å². The number of amides is 1. The first kappa shape index (κ1) is 14.2. The molecule has 0 radical (unpaired) electrons. The zero-order valence-electron chi connectivity index (χ0n) is 12.7. The van der Waals surface area contributed by atoms with Crippen LogP contribution in [0.15, 0.2) is 46.3 Å². The van der Waals surface area contributed by atoms with Crippen LogP contribution in [-0.2, 0) is 12.8 Å². The molecule has 4 nitrogen and oxygen atoms in total. The Bertz CT molecular complexity index is 851. The average Bonchev–Trinajstić information content (AvgIpc) is 3.21. The van der Waals surface area contributed by atoms with Crippen molar-refractivity contribution in [1.82, 2.24) is 10.5 Å². The highest BCUT2D eigenvalue weighted by molar-refractivity contribution is 7.10. The Balaban J connectivity index is 1.59. The van der Waals surface area contributed by atoms with E-state index in [0.29, 0.717) is 5.69 Å². The Labute approximate surface area is 138 Å². The lowest BCUT2D eigenvalue weighted by Crippen LogP contribution is -2.28. The molecule has 1 unspecified atom stereocenters. The standard InChI is InChI=1S/C18H16N2O2S/c1-11(12-5-3-2-4-6-12)19-18(21)16-14-7-8-15-13(9-10-23-15)17(14)22-20-16/h2-6,9-11H,7-8H2,1H3,(H,19,21). The summed E-state index contributed by atoms with van der Waals surface area (Å²) in [6, 6.07) is 11.9. The van der Waals surface area contributed by atoms with Gasteiger partial charge in [-0.1, -0.05) is 35.5 Å². The van der Waals surface area contributed by atoms with Gasteiger partial charge < -0.3 is 9.84 Å². The number of thiophene rings is 1. The second-order valence-corrected chi connectivity index (χ2v) is 6.70. The Kier molecular flexibility index (Phi) is 3.50. The summed E-state index contributed by atoms with van der Waals surface area (Å²) in [7, 11) is 0. The summed E-state index contributed by atoms with van der Waals surface area (Å²) >= 11 is 1.73. The molecule has 116 valence electrons. The topological polar surface area (TPSA) is 55.1 Å². The fourth-order valence-corrected chi connectivity index (χ4v) is 3.87. The summed E-state index contributed by atoms with van der Waals surface area (Å²) in [5.41, 5.74) is 3.49. The fraction of sp³-hybridized carbons (Fsp3) is 0.222. The van der Waals surface area contributed by atoms with Crippen LogP contribution in [0.2, 0.25) is 0 Å². The summed E-state index contributed by atoms with van der Waals surface area (Å²) in [6.45, 7) is 1.97. The second-order valence-electron chi connectivity index (χ2n) is 5.70. The first-order valence-electron chi connectivity index (χ1n) is 7.65. The van der Waals surface area contributed by atoms with Gasteiger partial charge in [-0.15, -0.1) is 11.3 Å². The van der Waals surface area contributed by atoms with Crippen LogP contribution < -0.4 is 5.32 Å². The van der Waals surface area contributed by atoms with Gasteiger partial charge in [-0.2, -0.15) is 0 Å². The highest BCUT2D eigenvalue weighted by Crippen LogP contribution is 2.38. The maximum absolute atomic E-state index is 12.6. The summed E-state index contributed by atoms with van der Waals surface area (Å²) in [4.78, 5) is 13.9. The van der Waals surface area contributed by atoms with Crippen molar-refractivity contribution < 1.29 is 9.32 Å². The van der Waals surface area contributed by atoms with Crippen LogP contribution in [0.25, 0.3) is 11.3 Å². The van der Waals surface area contributed by atoms with Gasteiger partial charge in [-0.05, 0) is 36.8 Å². The number of nitrogens with zero attached hydrogens (tertiary/aromatic N) is 1. The van der Waals surface area contributed by atoms with E-state index in [2.05, 4.69) is 15.9 Å². The molecular weight excluding hydrogens is 308 g/mol. The minimum atomic E-state index is -0.176. The van der Waals surface area contributed by atoms with E-state index in [9.17, 15) is 4.79 Å². The number of carbonyl (C=O) groups excluding carboxylic acids is 1. The summed E-state index contributed by atoms with van der Waals surface area (Å²) in [6.07, 6.45) is 1.74. The molecule has 0 fully saturated rings. The molecule has 1 aromatic carbocycles. The van der Waals surface area contributed by atoms with E-state index in [1.807, 2.05) is 43.3 Å². The van der Waals surface area contributed by atoms with Crippen LogP contribution in [0.3, 0.4) is 0 Å². The molecule has 0 spiro atoms. The third-order valence-corrected chi connectivity index (χ3v) is 5.22. The molecule has 1 aliphatic rings. The highest BCUT2D eigenvalue weighted by Gasteiger charge is 2.28. The normalized spacial score (nSPS) is 14.0. The van der Waals surface area contributed by atoms with Gasteiger partial charge in [0.15, 0.2) is 11.5 Å². The average molecular weight is 324 g/mol. The summed E-state index contributed by atoms with van der Waals surface area (Å²) < 4.78 is 5.48. The highest BCUT2D eigenvalue weighted by atomic mass is 32.1. The number of hydrogen-bond acceptors (Lipinski definition) is 4. The molecule has 2 aromatic heterocycles. The van der Waals surface area contributed by atoms with Gasteiger partial charge in [0, 0.05) is 16.0 Å². The molecule has 0 saturated carbocycles. The smallest absolute Gasteiger partial charge is 0.274 e. The van der Waals surface area contributed by atoms with Gasteiger partial charge in [0.25, 0.3) is 5.91 Å². The molecule has 0 aliphatic heterocycles. The quantitative estimate of drug-likeness (QED) is 0.792. The number of benzene rings is 1. The SMILES string of the molecule is CC(NC(=O)c1noc2c1CCc1sccc1-2)c1ccccc1. The zero-order valence-corrected chi connectivity index (χ0v) is 13.5. The number of aromatic nitrogens is 1. The first-order valence-corrected chi connectivity index (χ1v) is 8.53. The molecule has 23 heavy (non-hydrogen) atoms. The van der Waals surface area contributed by atoms with E-state index in [1.54, 1.807) is 11.3 Å². The van der Waals surface area contributed by atoms with Crippen molar-refractivity contribution in [3.63, 3.8) is 0 Å². The first-order chi connectivity index (χ1) is 11.2. The molecule has 0 bridgehead atoms. The Hall–Kier alpha value is -2.40. The van der Waals surface area contributed by atoms with Crippen LogP contribution >= 0.6 is 11.3 Å². The van der Waals surface area contributed by atoms with Gasteiger partial charge in [-0.25, -0.2) is 0 Å². The van der Waals surface area contributed by atoms with Gasteiger partial charge in [-0.3, -0.25) is 4.79 Å². The molecule has 1 atom stereocenters. The van der Waals surface area contributed by atoms with Gasteiger partial charge in [0.1, 0.15) is 0 Å². The fourth-order valence-electron chi connectivity index (χ4n) is 3.00. The van der Waals surface area contributed by atoms with Crippen LogP contribution in [0.5, 0.6) is 0 Å². The zero-order chi connectivity index (χ0) is 15.8. The van der Waals surface area contributed by atoms with E-state index >= 15 is 0 Å². The molecule has 2 heterocycles. The van der Waals surface area contributed by atoms with Crippen molar-refractivity contribution in [2.75, 3.05) is 0 Å². The van der Waals surface area contributed by atoms with E-state index in [1.165, 1.54) is 4.88 Å². The lowest BCUT2D eigenvalue weighted by molar-refractivity contribution is 0.0930. The van der Waals surface area contributed by atoms with Crippen molar-refractivity contribution in [2.24, 2.45) is 0 Å². The van der Waals surface area contributed by atoms with E-state index in [-0.39, 0.29) is 11.9 Å². The van der Waals surface area contributed by atoms with Crippen molar-refractivity contribution in [1.29, 1.82) is 0 Å². The minimum Gasteiger partial charge on any atom is -0.355 e. The molecule has 3 aromatic rings. The molecule has 0 saturated heterocycles. The number of carbonyl (C=O) groups is 1. The van der Waals surface area contributed by atoms with E-state index in [4.69, 9.17) is 4.52 Å². The maximum atomic E-state index is 12.6.